The predicted octanol–water partition coefficient (Wildman–Crippen LogP) is 4.86. The Balaban J connectivity index is 1.35. The molecule has 148 valence electrons. The molecule has 0 spiro atoms. The number of carbonyl (C=O) groups excluding carboxylic acids is 2. The Morgan fingerprint density at radius 2 is 1.93 bits per heavy atom. The summed E-state index contributed by atoms with van der Waals surface area (Å²) in [6.45, 7) is 0.582. The lowest BCUT2D eigenvalue weighted by Gasteiger charge is -2.16. The fourth-order valence-corrected chi connectivity index (χ4v) is 4.29. The molecule has 0 aliphatic carbocycles. The van der Waals surface area contributed by atoms with Gasteiger partial charge < -0.3 is 14.6 Å². The third kappa shape index (κ3) is 3.40. The minimum Gasteiger partial charge on any atom is -0.459 e. The summed E-state index contributed by atoms with van der Waals surface area (Å²) >= 11 is 1.43. The Morgan fingerprint density at radius 1 is 1.07 bits per heavy atom. The van der Waals surface area contributed by atoms with Crippen LogP contribution in [-0.4, -0.2) is 23.3 Å². The third-order valence-electron chi connectivity index (χ3n) is 4.97. The molecule has 3 heterocycles. The van der Waals surface area contributed by atoms with Gasteiger partial charge in [-0.15, -0.1) is 11.3 Å². The highest BCUT2D eigenvalue weighted by Crippen LogP contribution is 2.32. The third-order valence-corrected chi connectivity index (χ3v) is 5.86. The van der Waals surface area contributed by atoms with Gasteiger partial charge in [0.15, 0.2) is 5.76 Å². The summed E-state index contributed by atoms with van der Waals surface area (Å²) in [6, 6.07) is 18.7. The molecule has 0 atom stereocenters. The van der Waals surface area contributed by atoms with E-state index in [2.05, 4.69) is 10.3 Å². The van der Waals surface area contributed by atoms with Crippen LogP contribution >= 0.6 is 11.3 Å². The first-order valence-electron chi connectivity index (χ1n) is 9.49. The smallest absolute Gasteiger partial charge is 0.293 e. The van der Waals surface area contributed by atoms with Gasteiger partial charge in [-0.05, 0) is 36.2 Å². The molecule has 1 aliphatic heterocycles. The number of nitrogens with zero attached hydrogens (tertiary/aromatic N) is 2. The predicted molar refractivity (Wildman–Crippen MR) is 116 cm³/mol. The number of nitrogens with one attached hydrogen (secondary N) is 1. The van der Waals surface area contributed by atoms with E-state index in [1.165, 1.54) is 17.6 Å². The molecule has 0 saturated heterocycles. The molecule has 0 bridgehead atoms. The van der Waals surface area contributed by atoms with Crippen molar-refractivity contribution in [2.75, 3.05) is 16.8 Å². The van der Waals surface area contributed by atoms with Crippen LogP contribution in [0, 0.1) is 0 Å². The van der Waals surface area contributed by atoms with E-state index in [4.69, 9.17) is 4.42 Å². The zero-order valence-corrected chi connectivity index (χ0v) is 16.7. The lowest BCUT2D eigenvalue weighted by molar-refractivity contribution is 0.0962. The molecule has 2 amide bonds. The van der Waals surface area contributed by atoms with Crippen LogP contribution in [0.3, 0.4) is 0 Å². The maximum Gasteiger partial charge on any atom is 0.293 e. The molecule has 0 unspecified atom stereocenters. The van der Waals surface area contributed by atoms with Crippen molar-refractivity contribution in [3.8, 4) is 10.6 Å². The summed E-state index contributed by atoms with van der Waals surface area (Å²) in [4.78, 5) is 31.5. The van der Waals surface area contributed by atoms with Crippen molar-refractivity contribution in [1.82, 2.24) is 4.98 Å². The van der Waals surface area contributed by atoms with Gasteiger partial charge in [-0.1, -0.05) is 36.4 Å². The first kappa shape index (κ1) is 18.3. The van der Waals surface area contributed by atoms with Gasteiger partial charge in [0.25, 0.3) is 11.8 Å². The number of aromatic nitrogens is 1. The average molecular weight is 415 g/mol. The molecule has 0 radical (unpaired) electrons. The SMILES string of the molecule is O=C(Nc1ccc2c(c1)N(C(=O)c1ccco1)CC2)c1csc(-c2ccccc2)n1. The van der Waals surface area contributed by atoms with Gasteiger partial charge in [-0.25, -0.2) is 4.98 Å². The Kier molecular flexibility index (Phi) is 4.65. The minimum atomic E-state index is -0.282. The molecule has 1 aliphatic rings. The molecule has 2 aromatic heterocycles. The number of hydrogen-bond donors (Lipinski definition) is 1. The van der Waals surface area contributed by atoms with Crippen LogP contribution in [-0.2, 0) is 6.42 Å². The fraction of sp³-hybridized carbons (Fsp3) is 0.0870. The van der Waals surface area contributed by atoms with Crippen LogP contribution in [0.5, 0.6) is 0 Å². The average Bonchev–Trinajstić information content (AvgIpc) is 3.54. The van der Waals surface area contributed by atoms with E-state index in [-0.39, 0.29) is 11.8 Å². The molecule has 30 heavy (non-hydrogen) atoms. The van der Waals surface area contributed by atoms with Gasteiger partial charge >= 0.3 is 0 Å². The second kappa shape index (κ2) is 7.61. The summed E-state index contributed by atoms with van der Waals surface area (Å²) < 4.78 is 5.25. The zero-order valence-electron chi connectivity index (χ0n) is 15.9. The molecule has 1 N–H and O–H groups in total. The normalized spacial score (nSPS) is 12.6. The largest absolute Gasteiger partial charge is 0.459 e. The van der Waals surface area contributed by atoms with E-state index in [9.17, 15) is 9.59 Å². The molecule has 2 aromatic carbocycles. The number of fused-ring (bicyclic) bond motifs is 1. The Bertz CT molecular complexity index is 1220. The van der Waals surface area contributed by atoms with E-state index in [1.807, 2.05) is 48.5 Å². The van der Waals surface area contributed by atoms with Crippen LogP contribution < -0.4 is 10.2 Å². The topological polar surface area (TPSA) is 75.4 Å². The van der Waals surface area contributed by atoms with Crippen molar-refractivity contribution >= 4 is 34.5 Å². The first-order chi connectivity index (χ1) is 14.7. The summed E-state index contributed by atoms with van der Waals surface area (Å²) in [5.41, 5.74) is 3.81. The maximum atomic E-state index is 12.7. The van der Waals surface area contributed by atoms with Crippen LogP contribution in [0.1, 0.15) is 26.6 Å². The second-order valence-electron chi connectivity index (χ2n) is 6.89. The van der Waals surface area contributed by atoms with Crippen LogP contribution in [0.2, 0.25) is 0 Å². The number of anilines is 2. The highest BCUT2D eigenvalue weighted by molar-refractivity contribution is 7.13. The van der Waals surface area contributed by atoms with Gasteiger partial charge in [-0.3, -0.25) is 9.59 Å². The Morgan fingerprint density at radius 3 is 2.73 bits per heavy atom. The number of rotatable bonds is 4. The number of carbonyl (C=O) groups is 2. The Hall–Kier alpha value is -3.71. The summed E-state index contributed by atoms with van der Waals surface area (Å²) in [5, 5.41) is 5.43. The van der Waals surface area contributed by atoms with Crippen LogP contribution in [0.25, 0.3) is 10.6 Å². The van der Waals surface area contributed by atoms with E-state index in [0.29, 0.717) is 23.7 Å². The highest BCUT2D eigenvalue weighted by atomic mass is 32.1. The van der Waals surface area contributed by atoms with Crippen molar-refractivity contribution in [2.24, 2.45) is 0 Å². The lowest BCUT2D eigenvalue weighted by atomic mass is 10.1. The molecule has 7 heteroatoms. The Labute approximate surface area is 176 Å². The molecule has 5 rings (SSSR count). The van der Waals surface area contributed by atoms with E-state index in [1.54, 1.807) is 22.4 Å². The van der Waals surface area contributed by atoms with Crippen molar-refractivity contribution in [3.63, 3.8) is 0 Å². The van der Waals surface area contributed by atoms with Crippen molar-refractivity contribution < 1.29 is 14.0 Å². The minimum absolute atomic E-state index is 0.186. The number of furan rings is 1. The van der Waals surface area contributed by atoms with Gasteiger partial charge in [0.1, 0.15) is 10.7 Å². The van der Waals surface area contributed by atoms with Gasteiger partial charge in [0, 0.05) is 28.9 Å². The van der Waals surface area contributed by atoms with Gasteiger partial charge in [-0.2, -0.15) is 0 Å². The summed E-state index contributed by atoms with van der Waals surface area (Å²) in [7, 11) is 0. The first-order valence-corrected chi connectivity index (χ1v) is 10.4. The lowest BCUT2D eigenvalue weighted by Crippen LogP contribution is -2.28. The standard InChI is InChI=1S/C23H17N3O3S/c27-21(18-14-30-22(25-18)16-5-2-1-3-6-16)24-17-9-8-15-10-11-26(19(15)13-17)23(28)20-7-4-12-29-20/h1-9,12-14H,10-11H2,(H,24,27). The van der Waals surface area contributed by atoms with Gasteiger partial charge in [0.05, 0.1) is 6.26 Å². The highest BCUT2D eigenvalue weighted by Gasteiger charge is 2.27. The van der Waals surface area contributed by atoms with E-state index in [0.717, 1.165) is 28.2 Å². The molecule has 4 aromatic rings. The van der Waals surface area contributed by atoms with E-state index >= 15 is 0 Å². The number of hydrogen-bond acceptors (Lipinski definition) is 5. The second-order valence-corrected chi connectivity index (χ2v) is 7.74. The van der Waals surface area contributed by atoms with Crippen molar-refractivity contribution in [2.45, 2.75) is 6.42 Å². The van der Waals surface area contributed by atoms with Crippen molar-refractivity contribution in [3.05, 3.63) is 89.3 Å². The molecule has 0 saturated carbocycles. The van der Waals surface area contributed by atoms with E-state index < -0.39 is 0 Å². The molecule has 6 nitrogen and oxygen atoms in total. The molecular weight excluding hydrogens is 398 g/mol. The molecular formula is C23H17N3O3S. The summed E-state index contributed by atoms with van der Waals surface area (Å²) in [5.74, 6) is -0.169. The zero-order chi connectivity index (χ0) is 20.5. The van der Waals surface area contributed by atoms with Crippen molar-refractivity contribution in [1.29, 1.82) is 0 Å². The quantitative estimate of drug-likeness (QED) is 0.517. The number of benzene rings is 2. The summed E-state index contributed by atoms with van der Waals surface area (Å²) in [6.07, 6.45) is 2.25. The number of thiazole rings is 1. The number of amides is 2. The maximum absolute atomic E-state index is 12.7. The monoisotopic (exact) mass is 415 g/mol. The van der Waals surface area contributed by atoms with Crippen LogP contribution in [0.15, 0.2) is 76.7 Å². The molecule has 0 fully saturated rings. The van der Waals surface area contributed by atoms with Crippen LogP contribution in [0.4, 0.5) is 11.4 Å². The van der Waals surface area contributed by atoms with Gasteiger partial charge in [0.2, 0.25) is 0 Å². The fourth-order valence-electron chi connectivity index (χ4n) is 3.49.